The molecule has 0 radical (unpaired) electrons. The predicted octanol–water partition coefficient (Wildman–Crippen LogP) is 2.12. The molecular weight excluding hydrogens is 426 g/mol. The fourth-order valence-corrected chi connectivity index (χ4v) is 5.11. The second-order valence-corrected chi connectivity index (χ2v) is 8.02. The molecular formula is C25H27NO7. The van der Waals surface area contributed by atoms with Gasteiger partial charge in [0.2, 0.25) is 5.54 Å². The summed E-state index contributed by atoms with van der Waals surface area (Å²) in [7, 11) is 0. The van der Waals surface area contributed by atoms with Crippen LogP contribution < -0.4 is 0 Å². The monoisotopic (exact) mass is 453 g/mol. The molecule has 8 nitrogen and oxygen atoms in total. The van der Waals surface area contributed by atoms with Crippen LogP contribution in [0.5, 0.6) is 0 Å². The largest absolute Gasteiger partial charge is 0.464 e. The van der Waals surface area contributed by atoms with E-state index in [1.165, 1.54) is 0 Å². The van der Waals surface area contributed by atoms with Gasteiger partial charge in [-0.1, -0.05) is 48.5 Å². The highest BCUT2D eigenvalue weighted by atomic mass is 16.6. The molecule has 8 heteroatoms. The molecule has 2 aromatic rings. The second kappa shape index (κ2) is 9.33. The first kappa shape index (κ1) is 22.9. The van der Waals surface area contributed by atoms with Gasteiger partial charge in [-0.2, -0.15) is 0 Å². The Balaban J connectivity index is 2.00. The third-order valence-corrected chi connectivity index (χ3v) is 6.32. The molecule has 2 fully saturated rings. The molecule has 4 atom stereocenters. The molecule has 0 bridgehead atoms. The summed E-state index contributed by atoms with van der Waals surface area (Å²) in [5.74, 6) is -3.74. The van der Waals surface area contributed by atoms with Crippen LogP contribution in [0.3, 0.4) is 0 Å². The van der Waals surface area contributed by atoms with Crippen LogP contribution in [0.4, 0.5) is 0 Å². The highest BCUT2D eigenvalue weighted by Gasteiger charge is 2.73. The molecule has 2 saturated heterocycles. The number of hydrogen-bond donors (Lipinski definition) is 1. The first-order valence-corrected chi connectivity index (χ1v) is 11.1. The molecule has 2 heterocycles. The van der Waals surface area contributed by atoms with Crippen LogP contribution in [0.25, 0.3) is 0 Å². The molecule has 1 unspecified atom stereocenters. The molecule has 33 heavy (non-hydrogen) atoms. The third-order valence-electron chi connectivity index (χ3n) is 6.32. The zero-order chi connectivity index (χ0) is 23.6. The lowest BCUT2D eigenvalue weighted by atomic mass is 9.74. The molecule has 0 aliphatic carbocycles. The number of esters is 2. The van der Waals surface area contributed by atoms with E-state index in [9.17, 15) is 19.5 Å². The smallest absolute Gasteiger partial charge is 0.344 e. The van der Waals surface area contributed by atoms with Crippen molar-refractivity contribution in [3.05, 3.63) is 71.8 Å². The molecule has 2 aromatic carbocycles. The summed E-state index contributed by atoms with van der Waals surface area (Å²) in [4.78, 5) is 42.5. The molecule has 2 aliphatic rings. The summed E-state index contributed by atoms with van der Waals surface area (Å²) in [5, 5.41) is 10.8. The van der Waals surface area contributed by atoms with Crippen molar-refractivity contribution >= 4 is 17.8 Å². The number of ether oxygens (including phenoxy) is 3. The van der Waals surface area contributed by atoms with E-state index in [1.54, 1.807) is 68.4 Å². The topological polar surface area (TPSA) is 102 Å². The number of rotatable bonds is 6. The van der Waals surface area contributed by atoms with Crippen LogP contribution in [-0.4, -0.2) is 65.5 Å². The molecule has 1 N–H and O–H groups in total. The van der Waals surface area contributed by atoms with Crippen molar-refractivity contribution in [1.29, 1.82) is 0 Å². The SMILES string of the molecule is CCOC(=O)C1(C(=O)OCC)[C@H](c2ccccc2)[C@H]2COC(O)[C@H]2N1C(=O)c1ccccc1. The lowest BCUT2D eigenvalue weighted by Gasteiger charge is -2.40. The lowest BCUT2D eigenvalue weighted by molar-refractivity contribution is -0.177. The van der Waals surface area contributed by atoms with Gasteiger partial charge < -0.3 is 24.2 Å². The fourth-order valence-electron chi connectivity index (χ4n) is 5.11. The Labute approximate surface area is 192 Å². The normalized spacial score (nSPS) is 25.4. The highest BCUT2D eigenvalue weighted by Crippen LogP contribution is 2.54. The van der Waals surface area contributed by atoms with Crippen LogP contribution in [0, 0.1) is 5.92 Å². The Morgan fingerprint density at radius 3 is 2.06 bits per heavy atom. The molecule has 1 amide bonds. The first-order chi connectivity index (χ1) is 16.0. The number of carbonyl (C=O) groups excluding carboxylic acids is 3. The maximum atomic E-state index is 13.9. The van der Waals surface area contributed by atoms with Gasteiger partial charge in [-0.05, 0) is 31.5 Å². The van der Waals surface area contributed by atoms with Crippen molar-refractivity contribution in [1.82, 2.24) is 4.90 Å². The summed E-state index contributed by atoms with van der Waals surface area (Å²) >= 11 is 0. The van der Waals surface area contributed by atoms with Crippen molar-refractivity contribution < 1.29 is 33.7 Å². The van der Waals surface area contributed by atoms with Gasteiger partial charge in [0.25, 0.3) is 5.91 Å². The van der Waals surface area contributed by atoms with Crippen LogP contribution >= 0.6 is 0 Å². The number of carbonyl (C=O) groups is 3. The van der Waals surface area contributed by atoms with Crippen molar-refractivity contribution in [2.75, 3.05) is 19.8 Å². The summed E-state index contributed by atoms with van der Waals surface area (Å²) in [6.07, 6.45) is -1.38. The number of aliphatic hydroxyl groups excluding tert-OH is 1. The van der Waals surface area contributed by atoms with Crippen LogP contribution in [0.1, 0.15) is 35.7 Å². The molecule has 0 aromatic heterocycles. The van der Waals surface area contributed by atoms with E-state index < -0.39 is 47.6 Å². The average molecular weight is 453 g/mol. The maximum absolute atomic E-state index is 13.9. The van der Waals surface area contributed by atoms with Gasteiger partial charge in [-0.25, -0.2) is 9.59 Å². The Bertz CT molecular complexity index is 992. The lowest BCUT2D eigenvalue weighted by Crippen LogP contribution is -2.65. The molecule has 0 saturated carbocycles. The van der Waals surface area contributed by atoms with E-state index in [2.05, 4.69) is 0 Å². The Hall–Kier alpha value is -3.23. The minimum absolute atomic E-state index is 0.00323. The summed E-state index contributed by atoms with van der Waals surface area (Å²) in [6.45, 7) is 3.33. The minimum atomic E-state index is -2.12. The van der Waals surface area contributed by atoms with E-state index in [0.29, 0.717) is 5.56 Å². The van der Waals surface area contributed by atoms with E-state index in [0.717, 1.165) is 4.90 Å². The van der Waals surface area contributed by atoms with Crippen LogP contribution in [-0.2, 0) is 23.8 Å². The van der Waals surface area contributed by atoms with Gasteiger partial charge in [-0.3, -0.25) is 4.79 Å². The Morgan fingerprint density at radius 1 is 0.970 bits per heavy atom. The van der Waals surface area contributed by atoms with Gasteiger partial charge in [-0.15, -0.1) is 0 Å². The predicted molar refractivity (Wildman–Crippen MR) is 117 cm³/mol. The second-order valence-electron chi connectivity index (χ2n) is 8.02. The number of amides is 1. The van der Waals surface area contributed by atoms with Crippen molar-refractivity contribution in [2.45, 2.75) is 37.6 Å². The Kier molecular flexibility index (Phi) is 6.49. The van der Waals surface area contributed by atoms with E-state index in [1.807, 2.05) is 6.07 Å². The van der Waals surface area contributed by atoms with Gasteiger partial charge in [0.1, 0.15) is 0 Å². The van der Waals surface area contributed by atoms with Gasteiger partial charge in [0, 0.05) is 17.4 Å². The quantitative estimate of drug-likeness (QED) is 0.528. The molecule has 174 valence electrons. The third kappa shape index (κ3) is 3.59. The number of hydrogen-bond acceptors (Lipinski definition) is 7. The molecule has 2 aliphatic heterocycles. The number of nitrogens with zero attached hydrogens (tertiary/aromatic N) is 1. The zero-order valence-corrected chi connectivity index (χ0v) is 18.5. The zero-order valence-electron chi connectivity index (χ0n) is 18.5. The fraction of sp³-hybridized carbons (Fsp3) is 0.400. The van der Waals surface area contributed by atoms with Gasteiger partial charge in [0.05, 0.1) is 25.9 Å². The summed E-state index contributed by atoms with van der Waals surface area (Å²) < 4.78 is 16.3. The number of aliphatic hydroxyl groups is 1. The van der Waals surface area contributed by atoms with E-state index >= 15 is 0 Å². The summed E-state index contributed by atoms with van der Waals surface area (Å²) in [5.41, 5.74) is -1.21. The van der Waals surface area contributed by atoms with Gasteiger partial charge >= 0.3 is 11.9 Å². The average Bonchev–Trinajstić information content (AvgIpc) is 3.35. The van der Waals surface area contributed by atoms with Crippen LogP contribution in [0.15, 0.2) is 60.7 Å². The molecule has 0 spiro atoms. The first-order valence-electron chi connectivity index (χ1n) is 11.1. The van der Waals surface area contributed by atoms with E-state index in [-0.39, 0.29) is 25.4 Å². The standard InChI is InChI=1S/C25H27NO7/c1-3-31-23(29)25(24(30)32-4-2)19(16-11-7-5-8-12-16)18-15-33-22(28)20(18)26(25)21(27)17-13-9-6-10-14-17/h5-14,18-20,22,28H,3-4,15H2,1-2H3/t18-,19-,20+,22?/m1/s1. The minimum Gasteiger partial charge on any atom is -0.464 e. The van der Waals surface area contributed by atoms with Crippen molar-refractivity contribution in [2.24, 2.45) is 5.92 Å². The Morgan fingerprint density at radius 2 is 1.52 bits per heavy atom. The van der Waals surface area contributed by atoms with Crippen molar-refractivity contribution in [3.63, 3.8) is 0 Å². The van der Waals surface area contributed by atoms with Crippen molar-refractivity contribution in [3.8, 4) is 0 Å². The number of benzene rings is 2. The van der Waals surface area contributed by atoms with E-state index in [4.69, 9.17) is 14.2 Å². The maximum Gasteiger partial charge on any atom is 0.344 e. The number of fused-ring (bicyclic) bond motifs is 1. The number of likely N-dealkylation sites (tertiary alicyclic amines) is 1. The summed E-state index contributed by atoms with van der Waals surface area (Å²) in [6, 6.07) is 16.3. The van der Waals surface area contributed by atoms with Gasteiger partial charge in [0.15, 0.2) is 6.29 Å². The van der Waals surface area contributed by atoms with Crippen LogP contribution in [0.2, 0.25) is 0 Å². The molecule has 4 rings (SSSR count). The highest BCUT2D eigenvalue weighted by molar-refractivity contribution is 6.12.